The Kier molecular flexibility index (Phi) is 5.39. The van der Waals surface area contributed by atoms with Crippen LogP contribution < -0.4 is 5.32 Å². The van der Waals surface area contributed by atoms with Gasteiger partial charge in [-0.3, -0.25) is 9.59 Å². The van der Waals surface area contributed by atoms with Gasteiger partial charge in [-0.05, 0) is 42.6 Å². The summed E-state index contributed by atoms with van der Waals surface area (Å²) in [6.45, 7) is 6.46. The van der Waals surface area contributed by atoms with Gasteiger partial charge in [0.2, 0.25) is 5.91 Å². The monoisotopic (exact) mass is 378 g/mol. The number of likely N-dealkylation sites (N-methyl/N-ethyl adjacent to an activating group) is 1. The summed E-state index contributed by atoms with van der Waals surface area (Å²) in [5, 5.41) is 2.90. The number of aryl methyl sites for hydroxylation is 1. The van der Waals surface area contributed by atoms with Crippen molar-refractivity contribution in [3.63, 3.8) is 0 Å². The number of pyridine rings is 1. The molecule has 1 N–H and O–H groups in total. The maximum absolute atomic E-state index is 12.7. The fraction of sp³-hybridized carbons (Fsp3) is 0.409. The van der Waals surface area contributed by atoms with Crippen LogP contribution in [0.1, 0.15) is 40.7 Å². The molecule has 2 heterocycles. The number of piperazine rings is 1. The van der Waals surface area contributed by atoms with Crippen molar-refractivity contribution in [2.75, 3.05) is 38.0 Å². The molecule has 6 heteroatoms. The number of hydrogen-bond donors (Lipinski definition) is 1. The molecule has 28 heavy (non-hydrogen) atoms. The first-order valence-corrected chi connectivity index (χ1v) is 10.0. The summed E-state index contributed by atoms with van der Waals surface area (Å²) in [4.78, 5) is 33.8. The number of hydrogen-bond acceptors (Lipinski definition) is 4. The van der Waals surface area contributed by atoms with Gasteiger partial charge in [-0.15, -0.1) is 0 Å². The molecule has 1 aromatic heterocycles. The van der Waals surface area contributed by atoms with Gasteiger partial charge in [-0.25, -0.2) is 4.98 Å². The zero-order valence-corrected chi connectivity index (χ0v) is 16.2. The minimum atomic E-state index is -0.130. The van der Waals surface area contributed by atoms with Crippen molar-refractivity contribution in [3.05, 3.63) is 59.3 Å². The molecule has 2 amide bonds. The first-order valence-electron chi connectivity index (χ1n) is 10.0. The summed E-state index contributed by atoms with van der Waals surface area (Å²) in [5.41, 5.74) is 2.92. The highest BCUT2D eigenvalue weighted by Crippen LogP contribution is 2.33. The zero-order valence-electron chi connectivity index (χ0n) is 16.2. The standard InChI is InChI=1S/C22H26N4O2/c1-2-25-11-13-26(14-12-25)22(28)17-8-10-20(23-15-17)24-21(27)19-9-7-16-5-3-4-6-18(16)19/h3-6,8,10,15,19H,2,7,9,11-14H2,1H3,(H,23,24,27). The van der Waals surface area contributed by atoms with Crippen molar-refractivity contribution < 1.29 is 9.59 Å². The van der Waals surface area contributed by atoms with E-state index in [1.54, 1.807) is 18.3 Å². The summed E-state index contributed by atoms with van der Waals surface area (Å²) in [5.74, 6) is 0.328. The number of amides is 2. The molecule has 146 valence electrons. The maximum atomic E-state index is 12.7. The Balaban J connectivity index is 1.37. The number of anilines is 1. The Morgan fingerprint density at radius 1 is 1.11 bits per heavy atom. The average molecular weight is 378 g/mol. The molecule has 1 aliphatic carbocycles. The fourth-order valence-electron chi connectivity index (χ4n) is 4.09. The molecule has 2 aliphatic rings. The van der Waals surface area contributed by atoms with Crippen LogP contribution in [0.3, 0.4) is 0 Å². The van der Waals surface area contributed by atoms with Crippen molar-refractivity contribution in [3.8, 4) is 0 Å². The van der Waals surface area contributed by atoms with Gasteiger partial charge in [0, 0.05) is 32.4 Å². The predicted octanol–water partition coefficient (Wildman–Crippen LogP) is 2.53. The molecule has 0 saturated carbocycles. The van der Waals surface area contributed by atoms with Gasteiger partial charge in [0.05, 0.1) is 11.5 Å². The second-order valence-electron chi connectivity index (χ2n) is 7.44. The average Bonchev–Trinajstić information content (AvgIpc) is 3.18. The van der Waals surface area contributed by atoms with E-state index in [-0.39, 0.29) is 17.7 Å². The van der Waals surface area contributed by atoms with Crippen LogP contribution in [0.5, 0.6) is 0 Å². The highest BCUT2D eigenvalue weighted by Gasteiger charge is 2.28. The Bertz CT molecular complexity index is 857. The minimum absolute atomic E-state index is 0.00542. The molecule has 0 spiro atoms. The Morgan fingerprint density at radius 2 is 1.89 bits per heavy atom. The van der Waals surface area contributed by atoms with Crippen LogP contribution in [-0.4, -0.2) is 59.3 Å². The maximum Gasteiger partial charge on any atom is 0.255 e. The van der Waals surface area contributed by atoms with Crippen LogP contribution >= 0.6 is 0 Å². The van der Waals surface area contributed by atoms with Crippen molar-refractivity contribution in [2.45, 2.75) is 25.7 Å². The third-order valence-electron chi connectivity index (χ3n) is 5.82. The summed E-state index contributed by atoms with van der Waals surface area (Å²) >= 11 is 0. The fourth-order valence-corrected chi connectivity index (χ4v) is 4.09. The Labute approximate surface area is 165 Å². The molecule has 6 nitrogen and oxygen atoms in total. The highest BCUT2D eigenvalue weighted by atomic mass is 16.2. The van der Waals surface area contributed by atoms with E-state index in [4.69, 9.17) is 0 Å². The van der Waals surface area contributed by atoms with E-state index in [2.05, 4.69) is 28.2 Å². The number of carbonyl (C=O) groups is 2. The van der Waals surface area contributed by atoms with Crippen molar-refractivity contribution >= 4 is 17.6 Å². The van der Waals surface area contributed by atoms with Gasteiger partial charge in [-0.2, -0.15) is 0 Å². The molecule has 4 rings (SSSR count). The number of rotatable bonds is 4. The summed E-state index contributed by atoms with van der Waals surface area (Å²) < 4.78 is 0. The molecule has 1 atom stereocenters. The number of nitrogens with one attached hydrogen (secondary N) is 1. The molecule has 2 aromatic rings. The first kappa shape index (κ1) is 18.6. The lowest BCUT2D eigenvalue weighted by molar-refractivity contribution is -0.117. The van der Waals surface area contributed by atoms with Gasteiger partial charge in [0.1, 0.15) is 5.82 Å². The SMILES string of the molecule is CCN1CCN(C(=O)c2ccc(NC(=O)C3CCc4ccccc43)nc2)CC1. The second-order valence-corrected chi connectivity index (χ2v) is 7.44. The Morgan fingerprint density at radius 3 is 2.61 bits per heavy atom. The van der Waals surface area contributed by atoms with E-state index in [1.165, 1.54) is 5.56 Å². The molecule has 1 aromatic carbocycles. The largest absolute Gasteiger partial charge is 0.336 e. The molecule has 1 saturated heterocycles. The van der Waals surface area contributed by atoms with E-state index < -0.39 is 0 Å². The summed E-state index contributed by atoms with van der Waals surface area (Å²) in [7, 11) is 0. The number of nitrogens with zero attached hydrogens (tertiary/aromatic N) is 3. The second kappa shape index (κ2) is 8.10. The van der Waals surface area contributed by atoms with Gasteiger partial charge in [0.15, 0.2) is 0 Å². The number of fused-ring (bicyclic) bond motifs is 1. The normalized spacial score (nSPS) is 19.3. The number of benzene rings is 1. The zero-order chi connectivity index (χ0) is 19.5. The van der Waals surface area contributed by atoms with E-state index in [9.17, 15) is 9.59 Å². The number of aromatic nitrogens is 1. The smallest absolute Gasteiger partial charge is 0.255 e. The summed E-state index contributed by atoms with van der Waals surface area (Å²) in [6, 6.07) is 11.6. The minimum Gasteiger partial charge on any atom is -0.336 e. The van der Waals surface area contributed by atoms with Crippen LogP contribution in [-0.2, 0) is 11.2 Å². The van der Waals surface area contributed by atoms with Gasteiger partial charge in [-0.1, -0.05) is 31.2 Å². The van der Waals surface area contributed by atoms with Crippen molar-refractivity contribution in [1.82, 2.24) is 14.8 Å². The van der Waals surface area contributed by atoms with Crippen LogP contribution in [0.4, 0.5) is 5.82 Å². The third kappa shape index (κ3) is 3.78. The molecule has 1 aliphatic heterocycles. The van der Waals surface area contributed by atoms with Crippen LogP contribution in [0.25, 0.3) is 0 Å². The van der Waals surface area contributed by atoms with Gasteiger partial charge >= 0.3 is 0 Å². The van der Waals surface area contributed by atoms with Gasteiger partial charge < -0.3 is 15.1 Å². The highest BCUT2D eigenvalue weighted by molar-refractivity contribution is 5.97. The van der Waals surface area contributed by atoms with Crippen LogP contribution in [0.15, 0.2) is 42.6 Å². The molecule has 0 radical (unpaired) electrons. The molecule has 1 fully saturated rings. The lowest BCUT2D eigenvalue weighted by Gasteiger charge is -2.34. The van der Waals surface area contributed by atoms with Crippen molar-refractivity contribution in [2.24, 2.45) is 0 Å². The molecular formula is C22H26N4O2. The van der Waals surface area contributed by atoms with E-state index >= 15 is 0 Å². The van der Waals surface area contributed by atoms with E-state index in [0.29, 0.717) is 11.4 Å². The first-order chi connectivity index (χ1) is 13.7. The van der Waals surface area contributed by atoms with Crippen LogP contribution in [0, 0.1) is 0 Å². The lowest BCUT2D eigenvalue weighted by Crippen LogP contribution is -2.48. The molecular weight excluding hydrogens is 352 g/mol. The van der Waals surface area contributed by atoms with Gasteiger partial charge in [0.25, 0.3) is 5.91 Å². The van der Waals surface area contributed by atoms with Crippen molar-refractivity contribution in [1.29, 1.82) is 0 Å². The third-order valence-corrected chi connectivity index (χ3v) is 5.82. The molecule has 0 bridgehead atoms. The molecule has 1 unspecified atom stereocenters. The topological polar surface area (TPSA) is 65.5 Å². The van der Waals surface area contributed by atoms with E-state index in [1.807, 2.05) is 23.1 Å². The number of carbonyl (C=O) groups excluding carboxylic acids is 2. The summed E-state index contributed by atoms with van der Waals surface area (Å²) in [6.07, 6.45) is 3.32. The quantitative estimate of drug-likeness (QED) is 0.888. The Hall–Kier alpha value is -2.73. The van der Waals surface area contributed by atoms with Crippen LogP contribution in [0.2, 0.25) is 0 Å². The predicted molar refractivity (Wildman–Crippen MR) is 108 cm³/mol. The lowest BCUT2D eigenvalue weighted by atomic mass is 10.0. The van der Waals surface area contributed by atoms with E-state index in [0.717, 1.165) is 51.1 Å².